The summed E-state index contributed by atoms with van der Waals surface area (Å²) in [4.78, 5) is 0. The van der Waals surface area contributed by atoms with Crippen LogP contribution in [0.15, 0.2) is 78.9 Å². The molecule has 3 aromatic rings. The molecule has 0 aliphatic carbocycles. The van der Waals surface area contributed by atoms with Gasteiger partial charge < -0.3 is 4.48 Å². The molecule has 1 heteroatoms. The fraction of sp³-hybridized carbons (Fsp3) is 0.250. The third-order valence-electron chi connectivity index (χ3n) is 6.86. The number of nitrogens with zero attached hydrogens (tertiary/aromatic N) is 1. The van der Waals surface area contributed by atoms with Gasteiger partial charge in [-0.25, -0.2) is 0 Å². The molecule has 0 saturated heterocycles. The molecule has 0 N–H and O–H groups in total. The molecule has 1 nitrogen and oxygen atoms in total. The topological polar surface area (TPSA) is 0 Å². The maximum atomic E-state index is 2.47. The van der Waals surface area contributed by atoms with Crippen LogP contribution in [0.1, 0.15) is 40.8 Å². The van der Waals surface area contributed by atoms with Crippen LogP contribution in [-0.4, -0.2) is 11.5 Å². The standard InChI is InChI=1S/C24H24N/c1-24-21-14-8-6-12-19(21)16-23(20-13-7-9-15-22(20)24)25(24,2)17-18-10-4-3-5-11-18/h3-15,23H,16-17H2,1-2H3/q+1/t23-,24+,25+/m0/s1. The second-order valence-electron chi connectivity index (χ2n) is 7.95. The van der Waals surface area contributed by atoms with Crippen molar-refractivity contribution in [3.8, 4) is 0 Å². The van der Waals surface area contributed by atoms with Gasteiger partial charge in [-0.2, -0.15) is 0 Å². The molecule has 2 heterocycles. The average molecular weight is 326 g/mol. The first-order valence-electron chi connectivity index (χ1n) is 9.21. The Hall–Kier alpha value is -2.38. The highest BCUT2D eigenvalue weighted by Gasteiger charge is 2.62. The highest BCUT2D eigenvalue weighted by Crippen LogP contribution is 2.60. The molecule has 2 aliphatic rings. The van der Waals surface area contributed by atoms with Crippen molar-refractivity contribution in [3.05, 3.63) is 107 Å². The van der Waals surface area contributed by atoms with Gasteiger partial charge in [0.05, 0.1) is 7.05 Å². The summed E-state index contributed by atoms with van der Waals surface area (Å²) in [6, 6.07) is 29.7. The molecule has 0 spiro atoms. The van der Waals surface area contributed by atoms with Crippen LogP contribution in [0.5, 0.6) is 0 Å². The van der Waals surface area contributed by atoms with Gasteiger partial charge in [-0.05, 0) is 12.5 Å². The number of benzene rings is 3. The summed E-state index contributed by atoms with van der Waals surface area (Å²) >= 11 is 0. The Morgan fingerprint density at radius 3 is 2.28 bits per heavy atom. The van der Waals surface area contributed by atoms with Crippen molar-refractivity contribution in [3.63, 3.8) is 0 Å². The molecule has 0 saturated carbocycles. The van der Waals surface area contributed by atoms with Crippen molar-refractivity contribution in [1.82, 2.24) is 0 Å². The quantitative estimate of drug-likeness (QED) is 0.567. The maximum Gasteiger partial charge on any atom is 0.149 e. The van der Waals surface area contributed by atoms with E-state index in [9.17, 15) is 0 Å². The van der Waals surface area contributed by atoms with Crippen LogP contribution in [0.4, 0.5) is 0 Å². The number of quaternary nitrogens is 1. The van der Waals surface area contributed by atoms with Crippen molar-refractivity contribution >= 4 is 0 Å². The normalized spacial score (nSPS) is 29.1. The molecule has 3 atom stereocenters. The van der Waals surface area contributed by atoms with Crippen LogP contribution in [0.3, 0.4) is 0 Å². The Morgan fingerprint density at radius 2 is 1.48 bits per heavy atom. The first-order valence-corrected chi connectivity index (χ1v) is 9.21. The molecule has 0 radical (unpaired) electrons. The maximum absolute atomic E-state index is 2.47. The molecule has 0 fully saturated rings. The molecule has 25 heavy (non-hydrogen) atoms. The van der Waals surface area contributed by atoms with E-state index in [0.717, 1.165) is 17.4 Å². The molecule has 2 aliphatic heterocycles. The van der Waals surface area contributed by atoms with E-state index in [0.29, 0.717) is 6.04 Å². The zero-order valence-corrected chi connectivity index (χ0v) is 14.9. The van der Waals surface area contributed by atoms with E-state index >= 15 is 0 Å². The van der Waals surface area contributed by atoms with Crippen molar-refractivity contribution in [1.29, 1.82) is 0 Å². The van der Waals surface area contributed by atoms with Gasteiger partial charge in [-0.1, -0.05) is 78.9 Å². The van der Waals surface area contributed by atoms with Gasteiger partial charge in [0.15, 0.2) is 0 Å². The Balaban J connectivity index is 1.77. The largest absolute Gasteiger partial charge is 0.304 e. The molecule has 2 bridgehead atoms. The lowest BCUT2D eigenvalue weighted by molar-refractivity contribution is -0.993. The van der Waals surface area contributed by atoms with Crippen molar-refractivity contribution in [2.45, 2.75) is 31.5 Å². The summed E-state index contributed by atoms with van der Waals surface area (Å²) in [6.45, 7) is 3.53. The number of fused-ring (bicyclic) bond motifs is 7. The van der Waals surface area contributed by atoms with Gasteiger partial charge in [0.1, 0.15) is 18.1 Å². The van der Waals surface area contributed by atoms with Crippen LogP contribution < -0.4 is 0 Å². The Morgan fingerprint density at radius 1 is 0.840 bits per heavy atom. The van der Waals surface area contributed by atoms with E-state index < -0.39 is 0 Å². The first kappa shape index (κ1) is 14.9. The Kier molecular flexibility index (Phi) is 3.02. The van der Waals surface area contributed by atoms with Crippen LogP contribution in [0.2, 0.25) is 0 Å². The SMILES string of the molecule is C[C@@]12c3ccccc3C[C@@H](c3ccccc31)[N@@+]2(C)Cc1ccccc1. The van der Waals surface area contributed by atoms with Crippen LogP contribution in [0.25, 0.3) is 0 Å². The molecule has 0 amide bonds. The van der Waals surface area contributed by atoms with Crippen LogP contribution >= 0.6 is 0 Å². The summed E-state index contributed by atoms with van der Waals surface area (Å²) in [6.07, 6.45) is 1.13. The molecule has 3 aromatic carbocycles. The van der Waals surface area contributed by atoms with E-state index in [1.165, 1.54) is 22.3 Å². The minimum Gasteiger partial charge on any atom is -0.304 e. The molecule has 0 aromatic heterocycles. The smallest absolute Gasteiger partial charge is 0.149 e. The summed E-state index contributed by atoms with van der Waals surface area (Å²) < 4.78 is 1.04. The lowest BCUT2D eigenvalue weighted by Crippen LogP contribution is -2.58. The fourth-order valence-corrected chi connectivity index (χ4v) is 5.47. The minimum absolute atomic E-state index is 0.00590. The lowest BCUT2D eigenvalue weighted by atomic mass is 9.78. The fourth-order valence-electron chi connectivity index (χ4n) is 5.47. The van der Waals surface area contributed by atoms with Gasteiger partial charge in [0.2, 0.25) is 0 Å². The Labute approximate surface area is 150 Å². The second-order valence-corrected chi connectivity index (χ2v) is 7.95. The van der Waals surface area contributed by atoms with Gasteiger partial charge in [-0.3, -0.25) is 0 Å². The van der Waals surface area contributed by atoms with Gasteiger partial charge in [-0.15, -0.1) is 0 Å². The summed E-state index contributed by atoms with van der Waals surface area (Å²) in [5, 5.41) is 0. The van der Waals surface area contributed by atoms with Crippen molar-refractivity contribution < 1.29 is 4.48 Å². The van der Waals surface area contributed by atoms with E-state index in [2.05, 4.69) is 92.8 Å². The highest BCUT2D eigenvalue weighted by molar-refractivity contribution is 5.51. The predicted octanol–water partition coefficient (Wildman–Crippen LogP) is 5.21. The summed E-state index contributed by atoms with van der Waals surface area (Å²) in [5.41, 5.74) is 7.52. The van der Waals surface area contributed by atoms with E-state index in [1.54, 1.807) is 5.56 Å². The monoisotopic (exact) mass is 326 g/mol. The lowest BCUT2D eigenvalue weighted by Gasteiger charge is -2.52. The van der Waals surface area contributed by atoms with Crippen LogP contribution in [-0.2, 0) is 18.5 Å². The zero-order chi connectivity index (χ0) is 17.1. The Bertz CT molecular complexity index is 932. The van der Waals surface area contributed by atoms with Gasteiger partial charge >= 0.3 is 0 Å². The minimum atomic E-state index is 0.00590. The molecular formula is C24H24N+. The first-order chi connectivity index (χ1) is 12.1. The van der Waals surface area contributed by atoms with Gasteiger partial charge in [0.25, 0.3) is 0 Å². The van der Waals surface area contributed by atoms with E-state index in [1.807, 2.05) is 0 Å². The highest BCUT2D eigenvalue weighted by atomic mass is 15.4. The van der Waals surface area contributed by atoms with Crippen molar-refractivity contribution in [2.24, 2.45) is 0 Å². The third-order valence-corrected chi connectivity index (χ3v) is 6.86. The van der Waals surface area contributed by atoms with Crippen molar-refractivity contribution in [2.75, 3.05) is 7.05 Å². The number of hydrogen-bond donors (Lipinski definition) is 0. The van der Waals surface area contributed by atoms with Gasteiger partial charge in [0, 0.05) is 28.7 Å². The third kappa shape index (κ3) is 1.82. The summed E-state index contributed by atoms with van der Waals surface area (Å²) in [7, 11) is 2.47. The zero-order valence-electron chi connectivity index (χ0n) is 14.9. The molecule has 124 valence electrons. The molecular weight excluding hydrogens is 302 g/mol. The van der Waals surface area contributed by atoms with E-state index in [-0.39, 0.29) is 5.54 Å². The number of rotatable bonds is 2. The summed E-state index contributed by atoms with van der Waals surface area (Å²) in [5.74, 6) is 0. The number of likely N-dealkylation sites (N-methyl/N-ethyl adjacent to an activating group) is 1. The second kappa shape index (κ2) is 5.06. The van der Waals surface area contributed by atoms with E-state index in [4.69, 9.17) is 0 Å². The average Bonchev–Trinajstić information content (AvgIpc) is 2.76. The number of hydrogen-bond acceptors (Lipinski definition) is 0. The molecule has 5 rings (SSSR count). The predicted molar refractivity (Wildman–Crippen MR) is 102 cm³/mol. The molecule has 0 unspecified atom stereocenters. The van der Waals surface area contributed by atoms with Crippen LogP contribution in [0, 0.1) is 0 Å².